The van der Waals surface area contributed by atoms with Gasteiger partial charge in [-0.25, -0.2) is 4.68 Å². The Hall–Kier alpha value is -2.63. The topological polar surface area (TPSA) is 41.4 Å². The minimum Gasteiger partial charge on any atom is -0.337 e. The first-order chi connectivity index (χ1) is 14.7. The van der Waals surface area contributed by atoms with E-state index < -0.39 is 0 Å². The van der Waals surface area contributed by atoms with E-state index in [1.165, 1.54) is 5.56 Å². The molecule has 0 unspecified atom stereocenters. The molecule has 0 aliphatic carbocycles. The van der Waals surface area contributed by atoms with Gasteiger partial charge in [-0.05, 0) is 50.0 Å². The van der Waals surface area contributed by atoms with Crippen molar-refractivity contribution >= 4 is 17.5 Å². The number of para-hydroxylation sites is 1. The van der Waals surface area contributed by atoms with E-state index in [1.807, 2.05) is 29.2 Å². The van der Waals surface area contributed by atoms with Crippen LogP contribution in [0.2, 0.25) is 5.02 Å². The highest BCUT2D eigenvalue weighted by Crippen LogP contribution is 2.20. The van der Waals surface area contributed by atoms with Crippen molar-refractivity contribution in [1.29, 1.82) is 0 Å². The number of hydrogen-bond donors (Lipinski definition) is 0. The first-order valence-corrected chi connectivity index (χ1v) is 10.9. The van der Waals surface area contributed by atoms with Crippen LogP contribution >= 0.6 is 11.6 Å². The summed E-state index contributed by atoms with van der Waals surface area (Å²) in [6.07, 6.45) is 6.64. The molecule has 3 aromatic rings. The molecule has 2 heterocycles. The molecule has 1 fully saturated rings. The molecule has 0 N–H and O–H groups in total. The maximum absolute atomic E-state index is 13.0. The Morgan fingerprint density at radius 1 is 0.967 bits per heavy atom. The molecule has 0 saturated carbocycles. The van der Waals surface area contributed by atoms with Gasteiger partial charge in [-0.2, -0.15) is 5.10 Å². The van der Waals surface area contributed by atoms with Gasteiger partial charge >= 0.3 is 0 Å². The van der Waals surface area contributed by atoms with Crippen molar-refractivity contribution in [3.8, 4) is 5.69 Å². The minimum atomic E-state index is 0.0411. The monoisotopic (exact) mass is 422 g/mol. The number of carbonyl (C=O) groups is 1. The van der Waals surface area contributed by atoms with Crippen molar-refractivity contribution < 1.29 is 4.79 Å². The third kappa shape index (κ3) is 5.10. The lowest BCUT2D eigenvalue weighted by Gasteiger charge is -2.21. The fourth-order valence-corrected chi connectivity index (χ4v) is 4.16. The maximum atomic E-state index is 13.0. The van der Waals surface area contributed by atoms with Crippen LogP contribution < -0.4 is 0 Å². The van der Waals surface area contributed by atoms with E-state index >= 15 is 0 Å². The van der Waals surface area contributed by atoms with Gasteiger partial charge in [0.1, 0.15) is 0 Å². The number of carbonyl (C=O) groups excluding carboxylic acids is 1. The maximum Gasteiger partial charge on any atom is 0.257 e. The van der Waals surface area contributed by atoms with Gasteiger partial charge in [-0.3, -0.25) is 4.79 Å². The van der Waals surface area contributed by atoms with Gasteiger partial charge in [-0.1, -0.05) is 54.1 Å². The predicted molar refractivity (Wildman–Crippen MR) is 120 cm³/mol. The molecular formula is C24H27ClN4O. The quantitative estimate of drug-likeness (QED) is 0.594. The zero-order valence-corrected chi connectivity index (χ0v) is 17.8. The average Bonchev–Trinajstić information content (AvgIpc) is 3.14. The lowest BCUT2D eigenvalue weighted by molar-refractivity contribution is 0.0761. The molecule has 1 aliphatic heterocycles. The second-order valence-corrected chi connectivity index (χ2v) is 8.11. The van der Waals surface area contributed by atoms with Gasteiger partial charge in [-0.15, -0.1) is 0 Å². The van der Waals surface area contributed by atoms with Crippen molar-refractivity contribution in [2.75, 3.05) is 32.7 Å². The molecule has 4 rings (SSSR count). The van der Waals surface area contributed by atoms with Crippen molar-refractivity contribution in [1.82, 2.24) is 19.6 Å². The van der Waals surface area contributed by atoms with Gasteiger partial charge in [0.2, 0.25) is 0 Å². The van der Waals surface area contributed by atoms with Crippen LogP contribution in [-0.2, 0) is 6.42 Å². The van der Waals surface area contributed by atoms with Crippen molar-refractivity contribution in [3.63, 3.8) is 0 Å². The number of rotatable bonds is 6. The zero-order valence-electron chi connectivity index (χ0n) is 17.1. The van der Waals surface area contributed by atoms with Crippen LogP contribution in [0.3, 0.4) is 0 Å². The largest absolute Gasteiger partial charge is 0.337 e. The third-order valence-electron chi connectivity index (χ3n) is 5.59. The van der Waals surface area contributed by atoms with E-state index in [9.17, 15) is 4.79 Å². The van der Waals surface area contributed by atoms with E-state index in [2.05, 4.69) is 40.3 Å². The second kappa shape index (κ2) is 9.92. The van der Waals surface area contributed by atoms with Gasteiger partial charge in [0.05, 0.1) is 22.5 Å². The molecule has 0 bridgehead atoms. The first-order valence-electron chi connectivity index (χ1n) is 10.6. The summed E-state index contributed by atoms with van der Waals surface area (Å²) in [4.78, 5) is 17.4. The molecule has 1 aromatic heterocycles. The molecule has 0 atom stereocenters. The van der Waals surface area contributed by atoms with E-state index in [0.29, 0.717) is 10.6 Å². The number of halogens is 1. The van der Waals surface area contributed by atoms with Gasteiger partial charge in [0.15, 0.2) is 0 Å². The molecule has 2 aromatic carbocycles. The highest BCUT2D eigenvalue weighted by molar-refractivity contribution is 6.32. The SMILES string of the molecule is O=C(c1cnn(-c2ccccc2Cl)c1)N1CCCN(CCCc2ccccc2)CC1. The van der Waals surface area contributed by atoms with E-state index in [-0.39, 0.29) is 5.91 Å². The summed E-state index contributed by atoms with van der Waals surface area (Å²) < 4.78 is 1.67. The highest BCUT2D eigenvalue weighted by Gasteiger charge is 2.21. The van der Waals surface area contributed by atoms with Crippen LogP contribution in [0, 0.1) is 0 Å². The lowest BCUT2D eigenvalue weighted by atomic mass is 10.1. The number of nitrogens with zero attached hydrogens (tertiary/aromatic N) is 4. The number of benzene rings is 2. The molecule has 1 aliphatic rings. The summed E-state index contributed by atoms with van der Waals surface area (Å²) >= 11 is 6.25. The molecule has 0 spiro atoms. The van der Waals surface area contributed by atoms with Gasteiger partial charge < -0.3 is 9.80 Å². The highest BCUT2D eigenvalue weighted by atomic mass is 35.5. The second-order valence-electron chi connectivity index (χ2n) is 7.70. The van der Waals surface area contributed by atoms with Gasteiger partial charge in [0, 0.05) is 25.8 Å². The summed E-state index contributed by atoms with van der Waals surface area (Å²) in [6.45, 7) is 4.56. The molecule has 1 amide bonds. The summed E-state index contributed by atoms with van der Waals surface area (Å²) in [6, 6.07) is 18.1. The molecule has 6 heteroatoms. The normalized spacial score (nSPS) is 15.2. The predicted octanol–water partition coefficient (Wildman–Crippen LogP) is 4.31. The van der Waals surface area contributed by atoms with Crippen LogP contribution in [0.4, 0.5) is 0 Å². The van der Waals surface area contributed by atoms with Gasteiger partial charge in [0.25, 0.3) is 5.91 Å². The zero-order chi connectivity index (χ0) is 20.8. The minimum absolute atomic E-state index is 0.0411. The van der Waals surface area contributed by atoms with Crippen molar-refractivity contribution in [3.05, 3.63) is 83.1 Å². The molecule has 5 nitrogen and oxygen atoms in total. The van der Waals surface area contributed by atoms with Crippen LogP contribution in [0.15, 0.2) is 67.0 Å². The van der Waals surface area contributed by atoms with Crippen LogP contribution in [0.25, 0.3) is 5.69 Å². The fourth-order valence-electron chi connectivity index (χ4n) is 3.93. The number of amides is 1. The number of hydrogen-bond acceptors (Lipinski definition) is 3. The smallest absolute Gasteiger partial charge is 0.257 e. The van der Waals surface area contributed by atoms with Crippen LogP contribution in [0.1, 0.15) is 28.8 Å². The standard InChI is InChI=1S/C24H27ClN4O/c25-22-11-4-5-12-23(22)29-19-21(18-26-29)24(30)28-15-7-14-27(16-17-28)13-6-10-20-8-2-1-3-9-20/h1-5,8-9,11-12,18-19H,6-7,10,13-17H2. The Labute approximate surface area is 182 Å². The fraction of sp³-hybridized carbons (Fsp3) is 0.333. The summed E-state index contributed by atoms with van der Waals surface area (Å²) in [5, 5.41) is 4.96. The molecule has 1 saturated heterocycles. The Morgan fingerprint density at radius 3 is 2.60 bits per heavy atom. The molecule has 0 radical (unpaired) electrons. The van der Waals surface area contributed by atoms with Crippen LogP contribution in [-0.4, -0.2) is 58.2 Å². The lowest BCUT2D eigenvalue weighted by Crippen LogP contribution is -2.35. The Balaban J connectivity index is 1.31. The van der Waals surface area contributed by atoms with Crippen molar-refractivity contribution in [2.45, 2.75) is 19.3 Å². The number of aryl methyl sites for hydroxylation is 1. The van der Waals surface area contributed by atoms with E-state index in [4.69, 9.17) is 11.6 Å². The number of aromatic nitrogens is 2. The summed E-state index contributed by atoms with van der Waals surface area (Å²) in [5.41, 5.74) is 2.77. The first kappa shape index (κ1) is 20.6. The Kier molecular flexibility index (Phi) is 6.82. The Morgan fingerprint density at radius 2 is 1.77 bits per heavy atom. The van der Waals surface area contributed by atoms with Crippen LogP contribution in [0.5, 0.6) is 0 Å². The molecule has 156 valence electrons. The van der Waals surface area contributed by atoms with E-state index in [0.717, 1.165) is 57.7 Å². The third-order valence-corrected chi connectivity index (χ3v) is 5.91. The Bertz CT molecular complexity index is 972. The van der Waals surface area contributed by atoms with E-state index in [1.54, 1.807) is 17.1 Å². The molecule has 30 heavy (non-hydrogen) atoms. The average molecular weight is 423 g/mol. The molecular weight excluding hydrogens is 396 g/mol. The summed E-state index contributed by atoms with van der Waals surface area (Å²) in [7, 11) is 0. The van der Waals surface area contributed by atoms with Crippen molar-refractivity contribution in [2.24, 2.45) is 0 Å². The summed E-state index contributed by atoms with van der Waals surface area (Å²) in [5.74, 6) is 0.0411.